The molecule has 0 fully saturated rings. The molecule has 0 aliphatic rings. The molecule has 0 bridgehead atoms. The number of hydrogen-bond acceptors (Lipinski definition) is 3. The zero-order valence-corrected chi connectivity index (χ0v) is 15.3. The van der Waals surface area contributed by atoms with Gasteiger partial charge in [-0.25, -0.2) is 13.1 Å². The number of rotatable bonds is 5. The van der Waals surface area contributed by atoms with Crippen LogP contribution in [0.5, 0.6) is 0 Å². The molecule has 1 unspecified atom stereocenters. The molecule has 25 heavy (non-hydrogen) atoms. The lowest BCUT2D eigenvalue weighted by molar-refractivity contribution is 0.183. The van der Waals surface area contributed by atoms with E-state index >= 15 is 0 Å². The summed E-state index contributed by atoms with van der Waals surface area (Å²) in [7, 11) is -1.77. The predicted molar refractivity (Wildman–Crippen MR) is 99.0 cm³/mol. The number of nitrogens with one attached hydrogen (secondary N) is 1. The Morgan fingerprint density at radius 3 is 2.60 bits per heavy atom. The minimum Gasteiger partial charge on any atom is -0.387 e. The molecule has 0 aliphatic carbocycles. The molecule has 0 spiro atoms. The van der Waals surface area contributed by atoms with E-state index in [0.29, 0.717) is 11.1 Å². The highest BCUT2D eigenvalue weighted by molar-refractivity contribution is 7.89. The van der Waals surface area contributed by atoms with Gasteiger partial charge in [-0.2, -0.15) is 0 Å². The number of aliphatic hydroxyl groups is 1. The molecule has 0 radical (unpaired) electrons. The molecule has 0 aliphatic heterocycles. The number of aliphatic hydroxyl groups excluding tert-OH is 1. The minimum absolute atomic E-state index is 0.0797. The third kappa shape index (κ3) is 3.46. The van der Waals surface area contributed by atoms with Gasteiger partial charge < -0.3 is 9.67 Å². The predicted octanol–water partition coefficient (Wildman–Crippen LogP) is 2.81. The Morgan fingerprint density at radius 2 is 1.88 bits per heavy atom. The van der Waals surface area contributed by atoms with E-state index in [1.165, 1.54) is 0 Å². The van der Waals surface area contributed by atoms with Crippen LogP contribution in [0.4, 0.5) is 0 Å². The molecule has 0 amide bonds. The molecule has 1 heterocycles. The highest BCUT2D eigenvalue weighted by Gasteiger charge is 2.20. The van der Waals surface area contributed by atoms with Gasteiger partial charge in [0.25, 0.3) is 0 Å². The molecule has 2 aromatic carbocycles. The summed E-state index contributed by atoms with van der Waals surface area (Å²) in [5.74, 6) is 0. The second-order valence-corrected chi connectivity index (χ2v) is 8.08. The Hall–Kier alpha value is -2.15. The Kier molecular flexibility index (Phi) is 4.69. The fourth-order valence-electron chi connectivity index (χ4n) is 3.12. The first-order valence-corrected chi connectivity index (χ1v) is 9.57. The fraction of sp³-hybridized carbons (Fsp3) is 0.263. The van der Waals surface area contributed by atoms with Crippen LogP contribution >= 0.6 is 0 Å². The lowest BCUT2D eigenvalue weighted by atomic mass is 10.1. The molecule has 0 saturated carbocycles. The SMILES string of the molecule is Cc1ccc(S(=O)(=O)NCC(O)c2cn(C)c3ccccc23)c(C)c1. The van der Waals surface area contributed by atoms with Gasteiger partial charge in [0.2, 0.25) is 10.0 Å². The first-order chi connectivity index (χ1) is 11.8. The van der Waals surface area contributed by atoms with Gasteiger partial charge >= 0.3 is 0 Å². The summed E-state index contributed by atoms with van der Waals surface area (Å²) in [6.07, 6.45) is 0.910. The molecule has 3 aromatic rings. The van der Waals surface area contributed by atoms with Crippen LogP contribution < -0.4 is 4.72 Å². The van der Waals surface area contributed by atoms with Crippen molar-refractivity contribution in [1.82, 2.24) is 9.29 Å². The van der Waals surface area contributed by atoms with Crippen molar-refractivity contribution in [3.63, 3.8) is 0 Å². The van der Waals surface area contributed by atoms with E-state index in [1.807, 2.05) is 55.1 Å². The van der Waals surface area contributed by atoms with Crippen molar-refractivity contribution in [3.8, 4) is 0 Å². The zero-order chi connectivity index (χ0) is 18.2. The van der Waals surface area contributed by atoms with Crippen molar-refractivity contribution >= 4 is 20.9 Å². The van der Waals surface area contributed by atoms with Crippen molar-refractivity contribution < 1.29 is 13.5 Å². The molecular formula is C19H22N2O3S. The molecule has 1 aromatic heterocycles. The number of fused-ring (bicyclic) bond motifs is 1. The first-order valence-electron chi connectivity index (χ1n) is 8.08. The van der Waals surface area contributed by atoms with Crippen LogP contribution in [0, 0.1) is 13.8 Å². The van der Waals surface area contributed by atoms with Crippen LogP contribution in [-0.2, 0) is 17.1 Å². The summed E-state index contributed by atoms with van der Waals surface area (Å²) in [6, 6.07) is 12.9. The summed E-state index contributed by atoms with van der Waals surface area (Å²) in [5.41, 5.74) is 3.40. The van der Waals surface area contributed by atoms with Crippen LogP contribution in [-0.4, -0.2) is 24.6 Å². The summed E-state index contributed by atoms with van der Waals surface area (Å²) < 4.78 is 29.5. The summed E-state index contributed by atoms with van der Waals surface area (Å²) >= 11 is 0. The van der Waals surface area contributed by atoms with Gasteiger partial charge in [-0.15, -0.1) is 0 Å². The van der Waals surface area contributed by atoms with Crippen molar-refractivity contribution in [3.05, 3.63) is 65.4 Å². The summed E-state index contributed by atoms with van der Waals surface area (Å²) in [5, 5.41) is 11.4. The van der Waals surface area contributed by atoms with Crippen LogP contribution in [0.3, 0.4) is 0 Å². The maximum atomic E-state index is 12.5. The number of nitrogens with zero attached hydrogens (tertiary/aromatic N) is 1. The van der Waals surface area contributed by atoms with E-state index in [0.717, 1.165) is 16.5 Å². The average molecular weight is 358 g/mol. The van der Waals surface area contributed by atoms with Gasteiger partial charge in [-0.3, -0.25) is 0 Å². The quantitative estimate of drug-likeness (QED) is 0.737. The zero-order valence-electron chi connectivity index (χ0n) is 14.5. The second-order valence-electron chi connectivity index (χ2n) is 6.35. The minimum atomic E-state index is -3.67. The van der Waals surface area contributed by atoms with Crippen LogP contribution in [0.1, 0.15) is 22.8 Å². The standard InChI is InChI=1S/C19H22N2O3S/c1-13-8-9-19(14(2)10-13)25(23,24)20-11-18(22)16-12-21(3)17-7-5-4-6-15(16)17/h4-10,12,18,20,22H,11H2,1-3H3. The Balaban J connectivity index is 1.82. The highest BCUT2D eigenvalue weighted by atomic mass is 32.2. The molecule has 1 atom stereocenters. The van der Waals surface area contributed by atoms with Gasteiger partial charge in [0.1, 0.15) is 0 Å². The van der Waals surface area contributed by atoms with Gasteiger partial charge in [0.15, 0.2) is 0 Å². The number of aromatic nitrogens is 1. The number of sulfonamides is 1. The number of hydrogen-bond donors (Lipinski definition) is 2. The van der Waals surface area contributed by atoms with E-state index in [1.54, 1.807) is 19.1 Å². The fourth-order valence-corrected chi connectivity index (χ4v) is 4.38. The summed E-state index contributed by atoms with van der Waals surface area (Å²) in [4.78, 5) is 0.239. The summed E-state index contributed by atoms with van der Waals surface area (Å²) in [6.45, 7) is 3.60. The van der Waals surface area contributed by atoms with E-state index in [9.17, 15) is 13.5 Å². The molecule has 5 nitrogen and oxygen atoms in total. The monoisotopic (exact) mass is 358 g/mol. The number of aryl methyl sites for hydroxylation is 3. The number of benzene rings is 2. The molecule has 132 valence electrons. The topological polar surface area (TPSA) is 71.3 Å². The molecule has 6 heteroatoms. The van der Waals surface area contributed by atoms with Crippen LogP contribution in [0.15, 0.2) is 53.6 Å². The maximum Gasteiger partial charge on any atom is 0.240 e. The first kappa shape index (κ1) is 17.7. The van der Waals surface area contributed by atoms with Gasteiger partial charge in [0, 0.05) is 36.3 Å². The average Bonchev–Trinajstić information content (AvgIpc) is 2.90. The Labute approximate surface area is 148 Å². The number of para-hydroxylation sites is 1. The Morgan fingerprint density at radius 1 is 1.16 bits per heavy atom. The van der Waals surface area contributed by atoms with Crippen molar-refractivity contribution in [2.75, 3.05) is 6.54 Å². The normalized spacial score (nSPS) is 13.3. The molecular weight excluding hydrogens is 336 g/mol. The lowest BCUT2D eigenvalue weighted by Gasteiger charge is -2.13. The van der Waals surface area contributed by atoms with Crippen LogP contribution in [0.2, 0.25) is 0 Å². The molecule has 0 saturated heterocycles. The van der Waals surface area contributed by atoms with E-state index in [4.69, 9.17) is 0 Å². The molecule has 3 rings (SSSR count). The third-order valence-electron chi connectivity index (χ3n) is 4.37. The van der Waals surface area contributed by atoms with E-state index < -0.39 is 16.1 Å². The third-order valence-corrected chi connectivity index (χ3v) is 5.96. The molecule has 2 N–H and O–H groups in total. The van der Waals surface area contributed by atoms with E-state index in [2.05, 4.69) is 4.72 Å². The van der Waals surface area contributed by atoms with Crippen molar-refractivity contribution in [1.29, 1.82) is 0 Å². The van der Waals surface area contributed by atoms with Gasteiger partial charge in [0.05, 0.1) is 11.0 Å². The van der Waals surface area contributed by atoms with Crippen LogP contribution in [0.25, 0.3) is 10.9 Å². The maximum absolute atomic E-state index is 12.5. The van der Waals surface area contributed by atoms with Gasteiger partial charge in [-0.1, -0.05) is 35.9 Å². The van der Waals surface area contributed by atoms with Crippen molar-refractivity contribution in [2.45, 2.75) is 24.8 Å². The van der Waals surface area contributed by atoms with E-state index in [-0.39, 0.29) is 11.4 Å². The largest absolute Gasteiger partial charge is 0.387 e. The Bertz CT molecular complexity index is 1020. The van der Waals surface area contributed by atoms with Crippen molar-refractivity contribution in [2.24, 2.45) is 7.05 Å². The highest BCUT2D eigenvalue weighted by Crippen LogP contribution is 2.26. The second kappa shape index (κ2) is 6.63. The lowest BCUT2D eigenvalue weighted by Crippen LogP contribution is -2.29. The van der Waals surface area contributed by atoms with Gasteiger partial charge in [-0.05, 0) is 31.5 Å². The smallest absolute Gasteiger partial charge is 0.240 e.